The Morgan fingerprint density at radius 1 is 0.894 bits per heavy atom. The Bertz CT molecular complexity index is 1860. The number of anilines is 2. The summed E-state index contributed by atoms with van der Waals surface area (Å²) in [6.07, 6.45) is -9.63. The second kappa shape index (κ2) is 12.8. The molecule has 3 aromatic carbocycles. The van der Waals surface area contributed by atoms with Crippen molar-refractivity contribution in [2.24, 2.45) is 0 Å². The average Bonchev–Trinajstić information content (AvgIpc) is 3.38. The summed E-state index contributed by atoms with van der Waals surface area (Å²) in [4.78, 5) is 41.3. The molecule has 0 spiro atoms. The summed E-state index contributed by atoms with van der Waals surface area (Å²) in [5, 5.41) is 14.5. The number of nitrogens with one attached hydrogen (secondary N) is 2. The summed E-state index contributed by atoms with van der Waals surface area (Å²) in [6.45, 7) is 0.566. The number of hydrogen-bond donors (Lipinski definition) is 3. The third-order valence-electron chi connectivity index (χ3n) is 7.43. The minimum absolute atomic E-state index is 0.00894. The van der Waals surface area contributed by atoms with Crippen molar-refractivity contribution < 1.29 is 55.0 Å². The van der Waals surface area contributed by atoms with Gasteiger partial charge >= 0.3 is 12.4 Å². The molecule has 1 saturated heterocycles. The number of rotatable bonds is 6. The van der Waals surface area contributed by atoms with E-state index >= 15 is 0 Å². The lowest BCUT2D eigenvalue weighted by molar-refractivity contribution is -0.140. The number of amides is 3. The first-order chi connectivity index (χ1) is 22.1. The van der Waals surface area contributed by atoms with Gasteiger partial charge in [0.05, 0.1) is 35.6 Å². The zero-order chi connectivity index (χ0) is 34.3. The molecule has 1 aliphatic heterocycles. The molecular weight excluding hydrogens is 659 g/mol. The molecule has 0 atom stereocenters. The van der Waals surface area contributed by atoms with Crippen LogP contribution in [0.3, 0.4) is 0 Å². The Balaban J connectivity index is 1.53. The molecule has 16 heteroatoms. The van der Waals surface area contributed by atoms with Gasteiger partial charge in [0.1, 0.15) is 16.4 Å². The monoisotopic (exact) mass is 683 g/mol. The van der Waals surface area contributed by atoms with Crippen molar-refractivity contribution in [3.63, 3.8) is 0 Å². The number of aliphatic hydroxyl groups is 1. The lowest BCUT2D eigenvalue weighted by atomic mass is 10.0. The van der Waals surface area contributed by atoms with E-state index in [9.17, 15) is 50.2 Å². The lowest BCUT2D eigenvalue weighted by Crippen LogP contribution is -2.40. The Morgan fingerprint density at radius 2 is 1.60 bits per heavy atom. The molecule has 2 heterocycles. The van der Waals surface area contributed by atoms with Crippen molar-refractivity contribution >= 4 is 50.5 Å². The molecule has 0 bridgehead atoms. The smallest absolute Gasteiger partial charge is 0.419 e. The van der Waals surface area contributed by atoms with Gasteiger partial charge in [-0.05, 0) is 61.4 Å². The number of nitrogens with zero attached hydrogens (tertiary/aromatic N) is 1. The van der Waals surface area contributed by atoms with Gasteiger partial charge < -0.3 is 25.4 Å². The summed E-state index contributed by atoms with van der Waals surface area (Å²) in [6, 6.07) is 8.27. The van der Waals surface area contributed by atoms with Crippen LogP contribution in [-0.2, 0) is 12.4 Å². The van der Waals surface area contributed by atoms with E-state index in [-0.39, 0.29) is 50.6 Å². The average molecular weight is 684 g/mol. The van der Waals surface area contributed by atoms with E-state index in [0.29, 0.717) is 36.3 Å². The molecule has 0 unspecified atom stereocenters. The quantitative estimate of drug-likeness (QED) is 0.187. The molecule has 47 heavy (non-hydrogen) atoms. The largest absolute Gasteiger partial charge is 0.496 e. The van der Waals surface area contributed by atoms with Crippen LogP contribution >= 0.6 is 11.3 Å². The van der Waals surface area contributed by atoms with Gasteiger partial charge in [-0.2, -0.15) is 26.3 Å². The summed E-state index contributed by atoms with van der Waals surface area (Å²) >= 11 is 0.533. The summed E-state index contributed by atoms with van der Waals surface area (Å²) in [7, 11) is 1.26. The molecule has 1 fully saturated rings. The van der Waals surface area contributed by atoms with Crippen LogP contribution in [0, 0.1) is 5.82 Å². The van der Waals surface area contributed by atoms with Gasteiger partial charge in [0.15, 0.2) is 0 Å². The number of benzene rings is 3. The second-order valence-corrected chi connectivity index (χ2v) is 11.6. The Labute approximate surface area is 265 Å². The number of piperidine rings is 1. The fourth-order valence-electron chi connectivity index (χ4n) is 5.02. The number of carbonyl (C=O) groups is 3. The minimum atomic E-state index is -5.08. The van der Waals surface area contributed by atoms with E-state index in [2.05, 4.69) is 10.6 Å². The first-order valence-corrected chi connectivity index (χ1v) is 14.7. The third kappa shape index (κ3) is 7.17. The van der Waals surface area contributed by atoms with Crippen LogP contribution < -0.4 is 15.4 Å². The van der Waals surface area contributed by atoms with E-state index in [4.69, 9.17) is 4.74 Å². The maximum absolute atomic E-state index is 13.8. The summed E-state index contributed by atoms with van der Waals surface area (Å²) in [5.41, 5.74) is -3.50. The molecule has 248 valence electrons. The maximum Gasteiger partial charge on any atom is 0.419 e. The number of ether oxygens (including phenoxy) is 1. The normalized spacial score (nSPS) is 14.3. The van der Waals surface area contributed by atoms with Crippen LogP contribution in [0.5, 0.6) is 5.75 Å². The number of aliphatic hydroxyl groups excluding tert-OH is 1. The van der Waals surface area contributed by atoms with Crippen LogP contribution in [0.25, 0.3) is 10.1 Å². The van der Waals surface area contributed by atoms with E-state index in [1.54, 1.807) is 0 Å². The fourth-order valence-corrected chi connectivity index (χ4v) is 6.11. The molecular formula is C31H24F7N3O5S. The highest BCUT2D eigenvalue weighted by atomic mass is 32.1. The van der Waals surface area contributed by atoms with Crippen molar-refractivity contribution in [2.75, 3.05) is 30.8 Å². The molecule has 0 saturated carbocycles. The SMILES string of the molecule is COc1ccc(C(=O)N2CCC(O)CC2)cc1C(=O)Nc1c(C(=O)Nc2ccc(F)c(C(F)(F)F)c2)sc2cc(C(F)(F)F)ccc12. The molecule has 5 rings (SSSR count). The molecule has 4 aromatic rings. The first-order valence-electron chi connectivity index (χ1n) is 13.9. The highest BCUT2D eigenvalue weighted by Gasteiger charge is 2.35. The van der Waals surface area contributed by atoms with Gasteiger partial charge in [-0.25, -0.2) is 4.39 Å². The van der Waals surface area contributed by atoms with Gasteiger partial charge in [0.2, 0.25) is 0 Å². The Morgan fingerprint density at radius 3 is 2.23 bits per heavy atom. The number of thiophene rings is 1. The van der Waals surface area contributed by atoms with Crippen molar-refractivity contribution in [3.8, 4) is 5.75 Å². The molecule has 0 aliphatic carbocycles. The highest BCUT2D eigenvalue weighted by Crippen LogP contribution is 2.41. The van der Waals surface area contributed by atoms with Crippen molar-refractivity contribution in [1.82, 2.24) is 4.90 Å². The molecule has 0 radical (unpaired) electrons. The predicted octanol–water partition coefficient (Wildman–Crippen LogP) is 7.19. The molecule has 1 aliphatic rings. The summed E-state index contributed by atoms with van der Waals surface area (Å²) < 4.78 is 99.2. The van der Waals surface area contributed by atoms with Crippen LogP contribution in [-0.4, -0.2) is 54.0 Å². The van der Waals surface area contributed by atoms with E-state index in [1.165, 1.54) is 30.2 Å². The van der Waals surface area contributed by atoms with Crippen molar-refractivity contribution in [2.45, 2.75) is 31.3 Å². The predicted molar refractivity (Wildman–Crippen MR) is 158 cm³/mol. The zero-order valence-electron chi connectivity index (χ0n) is 24.2. The number of methoxy groups -OCH3 is 1. The zero-order valence-corrected chi connectivity index (χ0v) is 25.0. The number of carbonyl (C=O) groups excluding carboxylic acids is 3. The molecule has 3 N–H and O–H groups in total. The topological polar surface area (TPSA) is 108 Å². The van der Waals surface area contributed by atoms with E-state index in [0.717, 1.165) is 24.3 Å². The molecule has 1 aromatic heterocycles. The molecule has 3 amide bonds. The standard InChI is InChI=1S/C31H24F7N3O5S/c1-46-23-7-2-15(29(45)41-10-8-18(42)9-11-41)12-20(23)27(43)40-25-19-5-3-16(30(33,34)35)13-24(19)47-26(25)28(44)39-17-4-6-22(32)21(14-17)31(36,37)38/h2-7,12-14,18,42H,8-11H2,1H3,(H,39,44)(H,40,43). The van der Waals surface area contributed by atoms with Crippen LogP contribution in [0.2, 0.25) is 0 Å². The van der Waals surface area contributed by atoms with E-state index in [1.807, 2.05) is 0 Å². The first kappa shape index (κ1) is 33.7. The van der Waals surface area contributed by atoms with E-state index < -0.39 is 58.8 Å². The lowest BCUT2D eigenvalue weighted by Gasteiger charge is -2.29. The van der Waals surface area contributed by atoms with Gasteiger partial charge in [-0.15, -0.1) is 11.3 Å². The maximum atomic E-state index is 13.8. The van der Waals surface area contributed by atoms with Crippen LogP contribution in [0.15, 0.2) is 54.6 Å². The number of likely N-dealkylation sites (tertiary alicyclic amines) is 1. The number of fused-ring (bicyclic) bond motifs is 1. The minimum Gasteiger partial charge on any atom is -0.496 e. The van der Waals surface area contributed by atoms with Crippen molar-refractivity contribution in [3.05, 3.63) is 87.5 Å². The third-order valence-corrected chi connectivity index (χ3v) is 8.59. The van der Waals surface area contributed by atoms with Gasteiger partial charge in [0.25, 0.3) is 17.7 Å². The fraction of sp³-hybridized carbons (Fsp3) is 0.258. The second-order valence-electron chi connectivity index (χ2n) is 10.6. The summed E-state index contributed by atoms with van der Waals surface area (Å²) in [5.74, 6) is -4.01. The number of hydrogen-bond acceptors (Lipinski definition) is 6. The van der Waals surface area contributed by atoms with Crippen molar-refractivity contribution in [1.29, 1.82) is 0 Å². The van der Waals surface area contributed by atoms with Gasteiger partial charge in [0, 0.05) is 34.4 Å². The van der Waals surface area contributed by atoms with Gasteiger partial charge in [-0.3, -0.25) is 14.4 Å². The van der Waals surface area contributed by atoms with Crippen LogP contribution in [0.1, 0.15) is 54.4 Å². The Hall–Kier alpha value is -4.70. The van der Waals surface area contributed by atoms with Crippen LogP contribution in [0.4, 0.5) is 42.1 Å². The van der Waals surface area contributed by atoms with Gasteiger partial charge in [-0.1, -0.05) is 6.07 Å². The Kier molecular flexibility index (Phi) is 9.19. The molecule has 8 nitrogen and oxygen atoms in total. The number of alkyl halides is 6. The highest BCUT2D eigenvalue weighted by molar-refractivity contribution is 7.21. The number of halogens is 7.